The van der Waals surface area contributed by atoms with Crippen molar-refractivity contribution >= 4 is 22.7 Å². The van der Waals surface area contributed by atoms with Gasteiger partial charge in [-0.2, -0.15) is 5.26 Å². The first-order valence-electron chi connectivity index (χ1n) is 7.97. The number of fused-ring (bicyclic) bond motifs is 1. The van der Waals surface area contributed by atoms with E-state index in [-0.39, 0.29) is 5.56 Å². The molecule has 5 nitrogen and oxygen atoms in total. The van der Waals surface area contributed by atoms with Crippen LogP contribution < -0.4 is 5.56 Å². The van der Waals surface area contributed by atoms with Gasteiger partial charge in [-0.1, -0.05) is 23.9 Å². The number of ether oxygens (including phenoxy) is 1. The Balaban J connectivity index is 2.10. The highest BCUT2D eigenvalue weighted by atomic mass is 32.2. The molecule has 0 bridgehead atoms. The third-order valence-electron chi connectivity index (χ3n) is 3.66. The first-order valence-corrected chi connectivity index (χ1v) is 8.96. The van der Waals surface area contributed by atoms with Gasteiger partial charge in [-0.25, -0.2) is 4.98 Å². The van der Waals surface area contributed by atoms with Crippen LogP contribution in [-0.4, -0.2) is 28.5 Å². The maximum atomic E-state index is 13.0. The van der Waals surface area contributed by atoms with Crippen LogP contribution >= 0.6 is 11.8 Å². The summed E-state index contributed by atoms with van der Waals surface area (Å²) in [5, 5.41) is 10.2. The minimum atomic E-state index is -0.116. The normalized spacial score (nSPS) is 10.7. The molecule has 0 fully saturated rings. The van der Waals surface area contributed by atoms with Gasteiger partial charge >= 0.3 is 0 Å². The van der Waals surface area contributed by atoms with Gasteiger partial charge in [-0.3, -0.25) is 9.36 Å². The molecule has 0 saturated carbocycles. The highest BCUT2D eigenvalue weighted by Crippen LogP contribution is 2.21. The molecule has 0 aliphatic carbocycles. The Kier molecular flexibility index (Phi) is 5.49. The van der Waals surface area contributed by atoms with E-state index in [1.165, 1.54) is 11.8 Å². The van der Waals surface area contributed by atoms with Crippen molar-refractivity contribution < 1.29 is 4.74 Å². The zero-order chi connectivity index (χ0) is 17.6. The van der Waals surface area contributed by atoms with Crippen LogP contribution in [0.5, 0.6) is 0 Å². The third-order valence-corrected chi connectivity index (χ3v) is 4.57. The van der Waals surface area contributed by atoms with E-state index >= 15 is 0 Å². The quantitative estimate of drug-likeness (QED) is 0.387. The summed E-state index contributed by atoms with van der Waals surface area (Å²) in [6.07, 6.45) is 0. The first-order chi connectivity index (χ1) is 12.2. The van der Waals surface area contributed by atoms with Gasteiger partial charge in [0.2, 0.25) is 0 Å². The molecule has 0 amide bonds. The Morgan fingerprint density at radius 3 is 2.68 bits per heavy atom. The van der Waals surface area contributed by atoms with E-state index in [1.807, 2.05) is 25.1 Å². The van der Waals surface area contributed by atoms with Crippen molar-refractivity contribution in [2.75, 3.05) is 19.0 Å². The predicted octanol–water partition coefficient (Wildman–Crippen LogP) is 3.39. The maximum absolute atomic E-state index is 13.0. The monoisotopic (exact) mass is 351 g/mol. The van der Waals surface area contributed by atoms with Gasteiger partial charge < -0.3 is 4.74 Å². The van der Waals surface area contributed by atoms with Crippen LogP contribution in [-0.2, 0) is 4.74 Å². The average molecular weight is 351 g/mol. The molecule has 3 aromatic rings. The molecular weight excluding hydrogens is 334 g/mol. The first kappa shape index (κ1) is 17.2. The van der Waals surface area contributed by atoms with Crippen LogP contribution in [0.1, 0.15) is 12.5 Å². The fourth-order valence-corrected chi connectivity index (χ4v) is 3.32. The molecule has 0 spiro atoms. The second kappa shape index (κ2) is 7.97. The minimum absolute atomic E-state index is 0.116. The molecule has 0 aliphatic rings. The van der Waals surface area contributed by atoms with Crippen molar-refractivity contribution in [1.82, 2.24) is 9.55 Å². The number of hydrogen-bond donors (Lipinski definition) is 0. The van der Waals surface area contributed by atoms with E-state index in [1.54, 1.807) is 34.9 Å². The molecule has 126 valence electrons. The molecule has 1 heterocycles. The number of nitriles is 1. The summed E-state index contributed by atoms with van der Waals surface area (Å²) in [5.41, 5.74) is 1.81. The number of hydrogen-bond acceptors (Lipinski definition) is 5. The molecule has 2 aromatic carbocycles. The molecule has 0 saturated heterocycles. The molecule has 0 unspecified atom stereocenters. The molecule has 0 radical (unpaired) electrons. The van der Waals surface area contributed by atoms with Crippen molar-refractivity contribution in [3.8, 4) is 11.8 Å². The van der Waals surface area contributed by atoms with E-state index in [0.717, 1.165) is 0 Å². The van der Waals surface area contributed by atoms with Crippen molar-refractivity contribution in [3.05, 3.63) is 64.4 Å². The minimum Gasteiger partial charge on any atom is -0.381 e. The number of benzene rings is 2. The lowest BCUT2D eigenvalue weighted by Gasteiger charge is -2.13. The van der Waals surface area contributed by atoms with Crippen LogP contribution in [0.2, 0.25) is 0 Å². The summed E-state index contributed by atoms with van der Waals surface area (Å²) in [4.78, 5) is 17.7. The topological polar surface area (TPSA) is 67.9 Å². The van der Waals surface area contributed by atoms with Gasteiger partial charge in [0.05, 0.1) is 34.8 Å². The van der Waals surface area contributed by atoms with Crippen LogP contribution in [0.15, 0.2) is 58.5 Å². The third kappa shape index (κ3) is 3.73. The van der Waals surface area contributed by atoms with Gasteiger partial charge in [0.15, 0.2) is 5.16 Å². The molecule has 0 aliphatic heterocycles. The largest absolute Gasteiger partial charge is 0.381 e. The second-order valence-corrected chi connectivity index (χ2v) is 6.32. The van der Waals surface area contributed by atoms with Crippen LogP contribution in [0, 0.1) is 11.3 Å². The van der Waals surface area contributed by atoms with Crippen LogP contribution in [0.4, 0.5) is 0 Å². The van der Waals surface area contributed by atoms with Crippen molar-refractivity contribution in [1.29, 1.82) is 5.26 Å². The van der Waals surface area contributed by atoms with Crippen molar-refractivity contribution in [2.45, 2.75) is 12.1 Å². The van der Waals surface area contributed by atoms with Crippen molar-refractivity contribution in [2.24, 2.45) is 0 Å². The maximum Gasteiger partial charge on any atom is 0.266 e. The number of para-hydroxylation sites is 1. The van der Waals surface area contributed by atoms with E-state index in [0.29, 0.717) is 46.3 Å². The Hall–Kier alpha value is -2.62. The van der Waals surface area contributed by atoms with Gasteiger partial charge in [-0.15, -0.1) is 0 Å². The van der Waals surface area contributed by atoms with Crippen LogP contribution in [0.3, 0.4) is 0 Å². The highest BCUT2D eigenvalue weighted by molar-refractivity contribution is 7.99. The second-order valence-electron chi connectivity index (χ2n) is 5.26. The lowest BCUT2D eigenvalue weighted by Crippen LogP contribution is -2.22. The molecular formula is C19H17N3O2S. The highest BCUT2D eigenvalue weighted by Gasteiger charge is 2.13. The van der Waals surface area contributed by atoms with Gasteiger partial charge in [0, 0.05) is 12.4 Å². The zero-order valence-corrected chi connectivity index (χ0v) is 14.6. The van der Waals surface area contributed by atoms with E-state index < -0.39 is 0 Å². The number of thioether (sulfide) groups is 1. The lowest BCUT2D eigenvalue weighted by molar-refractivity contribution is 0.164. The van der Waals surface area contributed by atoms with E-state index in [4.69, 9.17) is 10.00 Å². The molecule has 0 atom stereocenters. The summed E-state index contributed by atoms with van der Waals surface area (Å²) < 4.78 is 6.97. The summed E-state index contributed by atoms with van der Waals surface area (Å²) in [7, 11) is 0. The van der Waals surface area contributed by atoms with Gasteiger partial charge in [-0.05, 0) is 43.3 Å². The molecule has 25 heavy (non-hydrogen) atoms. The Bertz CT molecular complexity index is 975. The summed E-state index contributed by atoms with van der Waals surface area (Å²) in [5.74, 6) is 0.703. The number of rotatable bonds is 6. The van der Waals surface area contributed by atoms with Gasteiger partial charge in [0.1, 0.15) is 0 Å². The SMILES string of the molecule is CCOCCSc1nc2ccccc2c(=O)n1-c1ccc(C#N)cc1. The van der Waals surface area contributed by atoms with Gasteiger partial charge in [0.25, 0.3) is 5.56 Å². The predicted molar refractivity (Wildman–Crippen MR) is 99.3 cm³/mol. The number of nitrogens with zero attached hydrogens (tertiary/aromatic N) is 3. The fraction of sp³-hybridized carbons (Fsp3) is 0.211. The molecule has 0 N–H and O–H groups in total. The Labute approximate surface area is 149 Å². The van der Waals surface area contributed by atoms with Crippen molar-refractivity contribution in [3.63, 3.8) is 0 Å². The van der Waals surface area contributed by atoms with Crippen LogP contribution in [0.25, 0.3) is 16.6 Å². The number of aromatic nitrogens is 2. The van der Waals surface area contributed by atoms with E-state index in [9.17, 15) is 4.79 Å². The summed E-state index contributed by atoms with van der Waals surface area (Å²) in [6, 6.07) is 16.3. The van der Waals surface area contributed by atoms with E-state index in [2.05, 4.69) is 11.1 Å². The molecule has 3 rings (SSSR count). The average Bonchev–Trinajstić information content (AvgIpc) is 2.66. The Morgan fingerprint density at radius 2 is 1.96 bits per heavy atom. The smallest absolute Gasteiger partial charge is 0.266 e. The lowest BCUT2D eigenvalue weighted by atomic mass is 10.2. The Morgan fingerprint density at radius 1 is 1.20 bits per heavy atom. The fourth-order valence-electron chi connectivity index (χ4n) is 2.46. The standard InChI is InChI=1S/C19H17N3O2S/c1-2-24-11-12-25-19-21-17-6-4-3-5-16(17)18(23)22(19)15-9-7-14(13-20)8-10-15/h3-10H,2,11-12H2,1H3. The summed E-state index contributed by atoms with van der Waals surface area (Å²) in [6.45, 7) is 3.21. The molecule has 6 heteroatoms. The zero-order valence-electron chi connectivity index (χ0n) is 13.8. The summed E-state index contributed by atoms with van der Waals surface area (Å²) >= 11 is 1.48. The molecule has 1 aromatic heterocycles.